The van der Waals surface area contributed by atoms with Gasteiger partial charge in [-0.2, -0.15) is 0 Å². The predicted molar refractivity (Wildman–Crippen MR) is 64.9 cm³/mol. The van der Waals surface area contributed by atoms with E-state index in [9.17, 15) is 4.39 Å². The van der Waals surface area contributed by atoms with E-state index in [0.717, 1.165) is 30.6 Å². The molecule has 1 nitrogen and oxygen atoms in total. The Bertz CT molecular complexity index is 362. The second-order valence-electron chi connectivity index (χ2n) is 4.78. The fourth-order valence-electron chi connectivity index (χ4n) is 2.47. The zero-order valence-corrected chi connectivity index (χ0v) is 10.2. The summed E-state index contributed by atoms with van der Waals surface area (Å²) in [7, 11) is 0. The highest BCUT2D eigenvalue weighted by atomic mass is 19.1. The van der Waals surface area contributed by atoms with Crippen LogP contribution in [0, 0.1) is 5.82 Å². The highest BCUT2D eigenvalue weighted by molar-refractivity contribution is 5.24. The summed E-state index contributed by atoms with van der Waals surface area (Å²) in [6.45, 7) is 6.37. The lowest BCUT2D eigenvalue weighted by atomic mass is 10.1. The Morgan fingerprint density at radius 2 is 2.06 bits per heavy atom. The quantitative estimate of drug-likeness (QED) is 0.756. The van der Waals surface area contributed by atoms with E-state index in [1.54, 1.807) is 12.1 Å². The lowest BCUT2D eigenvalue weighted by Gasteiger charge is -2.21. The first-order chi connectivity index (χ1) is 7.69. The van der Waals surface area contributed by atoms with Gasteiger partial charge in [-0.05, 0) is 56.0 Å². The molecule has 0 amide bonds. The van der Waals surface area contributed by atoms with E-state index < -0.39 is 0 Å². The monoisotopic (exact) mass is 221 g/mol. The molecule has 1 heterocycles. The maximum Gasteiger partial charge on any atom is 0.123 e. The summed E-state index contributed by atoms with van der Waals surface area (Å²) in [4.78, 5) is 2.44. The third-order valence-electron chi connectivity index (χ3n) is 3.50. The van der Waals surface area contributed by atoms with Gasteiger partial charge in [-0.1, -0.05) is 13.0 Å². The van der Waals surface area contributed by atoms with Gasteiger partial charge >= 0.3 is 0 Å². The van der Waals surface area contributed by atoms with Crippen molar-refractivity contribution >= 4 is 0 Å². The lowest BCUT2D eigenvalue weighted by Crippen LogP contribution is -2.26. The molecular formula is C14H20FN. The van der Waals surface area contributed by atoms with Crippen molar-refractivity contribution in [3.8, 4) is 0 Å². The standard InChI is InChI=1S/C14H20FN/c1-3-12-7-13(9-14(15)8-12)10-16-6-4-5-11(16)2/h7-9,11H,3-6,10H2,1-2H3. The van der Waals surface area contributed by atoms with E-state index in [2.05, 4.69) is 24.8 Å². The molecule has 1 aromatic rings. The largest absolute Gasteiger partial charge is 0.296 e. The maximum absolute atomic E-state index is 13.4. The Balaban J connectivity index is 2.11. The maximum atomic E-state index is 13.4. The molecule has 0 aliphatic carbocycles. The van der Waals surface area contributed by atoms with Gasteiger partial charge in [-0.3, -0.25) is 4.90 Å². The number of hydrogen-bond acceptors (Lipinski definition) is 1. The molecule has 88 valence electrons. The summed E-state index contributed by atoms with van der Waals surface area (Å²) >= 11 is 0. The molecular weight excluding hydrogens is 201 g/mol. The fourth-order valence-corrected chi connectivity index (χ4v) is 2.47. The molecule has 0 bridgehead atoms. The van der Waals surface area contributed by atoms with Crippen LogP contribution in [0.4, 0.5) is 4.39 Å². The molecule has 1 aliphatic heterocycles. The number of hydrogen-bond donors (Lipinski definition) is 0. The lowest BCUT2D eigenvalue weighted by molar-refractivity contribution is 0.260. The van der Waals surface area contributed by atoms with Gasteiger partial charge in [0.25, 0.3) is 0 Å². The average molecular weight is 221 g/mol. The van der Waals surface area contributed by atoms with Gasteiger partial charge < -0.3 is 0 Å². The van der Waals surface area contributed by atoms with E-state index in [-0.39, 0.29) is 5.82 Å². The normalized spacial score (nSPS) is 21.6. The minimum absolute atomic E-state index is 0.0961. The molecule has 1 unspecified atom stereocenters. The molecule has 1 aromatic carbocycles. The van der Waals surface area contributed by atoms with Crippen LogP contribution < -0.4 is 0 Å². The van der Waals surface area contributed by atoms with Crippen molar-refractivity contribution in [2.24, 2.45) is 0 Å². The first-order valence-electron chi connectivity index (χ1n) is 6.21. The summed E-state index contributed by atoms with van der Waals surface area (Å²) in [5.74, 6) is -0.0961. The second kappa shape index (κ2) is 4.96. The Morgan fingerprint density at radius 3 is 2.69 bits per heavy atom. The Hall–Kier alpha value is -0.890. The van der Waals surface area contributed by atoms with Crippen LogP contribution in [0.2, 0.25) is 0 Å². The third-order valence-corrected chi connectivity index (χ3v) is 3.50. The van der Waals surface area contributed by atoms with Crippen LogP contribution >= 0.6 is 0 Å². The van der Waals surface area contributed by atoms with Crippen LogP contribution in [0.15, 0.2) is 18.2 Å². The fraction of sp³-hybridized carbons (Fsp3) is 0.571. The molecule has 0 spiro atoms. The van der Waals surface area contributed by atoms with Crippen molar-refractivity contribution in [3.05, 3.63) is 35.1 Å². The summed E-state index contributed by atoms with van der Waals surface area (Å²) in [5.41, 5.74) is 2.22. The first-order valence-corrected chi connectivity index (χ1v) is 6.21. The van der Waals surface area contributed by atoms with Crippen molar-refractivity contribution in [2.45, 2.75) is 45.7 Å². The van der Waals surface area contributed by atoms with Gasteiger partial charge in [-0.15, -0.1) is 0 Å². The first kappa shape index (κ1) is 11.6. The van der Waals surface area contributed by atoms with Gasteiger partial charge in [-0.25, -0.2) is 4.39 Å². The molecule has 0 saturated carbocycles. The number of rotatable bonds is 3. The number of likely N-dealkylation sites (tertiary alicyclic amines) is 1. The number of nitrogens with zero attached hydrogens (tertiary/aromatic N) is 1. The number of aryl methyl sites for hydroxylation is 1. The van der Waals surface area contributed by atoms with Crippen LogP contribution in [0.5, 0.6) is 0 Å². The average Bonchev–Trinajstić information content (AvgIpc) is 2.63. The molecule has 1 saturated heterocycles. The SMILES string of the molecule is CCc1cc(F)cc(CN2CCCC2C)c1. The van der Waals surface area contributed by atoms with E-state index in [1.165, 1.54) is 12.8 Å². The summed E-state index contributed by atoms with van der Waals surface area (Å²) in [5, 5.41) is 0. The highest BCUT2D eigenvalue weighted by Crippen LogP contribution is 2.20. The molecule has 1 atom stereocenters. The molecule has 1 aliphatic rings. The molecule has 2 heteroatoms. The Labute approximate surface area is 97.3 Å². The van der Waals surface area contributed by atoms with Crippen LogP contribution in [-0.2, 0) is 13.0 Å². The van der Waals surface area contributed by atoms with E-state index in [1.807, 2.05) is 0 Å². The molecule has 1 fully saturated rings. The number of halogens is 1. The molecule has 2 rings (SSSR count). The van der Waals surface area contributed by atoms with Crippen LogP contribution in [0.3, 0.4) is 0 Å². The summed E-state index contributed by atoms with van der Waals surface area (Å²) in [6, 6.07) is 6.09. The smallest absolute Gasteiger partial charge is 0.123 e. The Morgan fingerprint density at radius 1 is 1.31 bits per heavy atom. The van der Waals surface area contributed by atoms with Crippen LogP contribution in [0.1, 0.15) is 37.8 Å². The van der Waals surface area contributed by atoms with Gasteiger partial charge in [0, 0.05) is 12.6 Å². The highest BCUT2D eigenvalue weighted by Gasteiger charge is 2.20. The number of benzene rings is 1. The van der Waals surface area contributed by atoms with E-state index >= 15 is 0 Å². The Kier molecular flexibility index (Phi) is 3.59. The zero-order chi connectivity index (χ0) is 11.5. The van der Waals surface area contributed by atoms with Gasteiger partial charge in [0.1, 0.15) is 5.82 Å². The second-order valence-corrected chi connectivity index (χ2v) is 4.78. The van der Waals surface area contributed by atoms with E-state index in [0.29, 0.717) is 6.04 Å². The van der Waals surface area contributed by atoms with Crippen molar-refractivity contribution in [1.82, 2.24) is 4.90 Å². The molecule has 0 aromatic heterocycles. The van der Waals surface area contributed by atoms with Crippen molar-refractivity contribution in [1.29, 1.82) is 0 Å². The van der Waals surface area contributed by atoms with Gasteiger partial charge in [0.15, 0.2) is 0 Å². The topological polar surface area (TPSA) is 3.24 Å². The minimum atomic E-state index is -0.0961. The zero-order valence-electron chi connectivity index (χ0n) is 10.2. The molecule has 16 heavy (non-hydrogen) atoms. The third kappa shape index (κ3) is 2.62. The van der Waals surface area contributed by atoms with Crippen molar-refractivity contribution in [3.63, 3.8) is 0 Å². The van der Waals surface area contributed by atoms with Crippen LogP contribution in [0.25, 0.3) is 0 Å². The summed E-state index contributed by atoms with van der Waals surface area (Å²) in [6.07, 6.45) is 3.45. The predicted octanol–water partition coefficient (Wildman–Crippen LogP) is 3.37. The van der Waals surface area contributed by atoms with Crippen molar-refractivity contribution < 1.29 is 4.39 Å². The molecule has 0 N–H and O–H groups in total. The van der Waals surface area contributed by atoms with Crippen molar-refractivity contribution in [2.75, 3.05) is 6.54 Å². The minimum Gasteiger partial charge on any atom is -0.296 e. The van der Waals surface area contributed by atoms with Crippen LogP contribution in [-0.4, -0.2) is 17.5 Å². The molecule has 0 radical (unpaired) electrons. The van der Waals surface area contributed by atoms with Gasteiger partial charge in [0.2, 0.25) is 0 Å². The summed E-state index contributed by atoms with van der Waals surface area (Å²) < 4.78 is 13.4. The van der Waals surface area contributed by atoms with E-state index in [4.69, 9.17) is 0 Å². The van der Waals surface area contributed by atoms with Gasteiger partial charge in [0.05, 0.1) is 0 Å².